The van der Waals surface area contributed by atoms with Gasteiger partial charge in [0.1, 0.15) is 0 Å². The van der Waals surface area contributed by atoms with E-state index >= 15 is 0 Å². The fourth-order valence-electron chi connectivity index (χ4n) is 2.74. The molecule has 2 amide bonds. The Labute approximate surface area is 147 Å². The number of hydrogen-bond acceptors (Lipinski definition) is 3. The van der Waals surface area contributed by atoms with Crippen LogP contribution in [0.15, 0.2) is 24.3 Å². The number of carbonyl (C=O) groups excluding carboxylic acids is 2. The predicted molar refractivity (Wildman–Crippen MR) is 93.6 cm³/mol. The number of amides is 2. The summed E-state index contributed by atoms with van der Waals surface area (Å²) in [4.78, 5) is 23.4. The summed E-state index contributed by atoms with van der Waals surface area (Å²) in [5.41, 5.74) is 6.08. The molecule has 7 heteroatoms. The minimum absolute atomic E-state index is 0. The van der Waals surface area contributed by atoms with E-state index in [1.807, 2.05) is 6.07 Å². The summed E-state index contributed by atoms with van der Waals surface area (Å²) in [5, 5.41) is 6.75. The summed E-state index contributed by atoms with van der Waals surface area (Å²) < 4.78 is 0. The van der Waals surface area contributed by atoms with Crippen LogP contribution in [0.1, 0.15) is 37.3 Å². The molecule has 0 spiro atoms. The van der Waals surface area contributed by atoms with Gasteiger partial charge < -0.3 is 16.4 Å². The Morgan fingerprint density at radius 3 is 2.83 bits per heavy atom. The number of primary amides is 1. The van der Waals surface area contributed by atoms with Gasteiger partial charge in [-0.2, -0.15) is 0 Å². The SMILES string of the molecule is Cl.NC(=O)C[C@@H](NC(=O)CCC1CCNC1)c1cccc(Cl)c1. The summed E-state index contributed by atoms with van der Waals surface area (Å²) in [6.45, 7) is 2.01. The largest absolute Gasteiger partial charge is 0.370 e. The highest BCUT2D eigenvalue weighted by Crippen LogP contribution is 2.21. The van der Waals surface area contributed by atoms with Crippen LogP contribution in [0, 0.1) is 5.92 Å². The highest BCUT2D eigenvalue weighted by atomic mass is 35.5. The van der Waals surface area contributed by atoms with Gasteiger partial charge in [0.15, 0.2) is 0 Å². The van der Waals surface area contributed by atoms with Crippen molar-refractivity contribution in [2.45, 2.75) is 31.7 Å². The lowest BCUT2D eigenvalue weighted by Gasteiger charge is -2.18. The Bertz CT molecular complexity index is 534. The molecule has 5 nitrogen and oxygen atoms in total. The molecule has 0 aromatic heterocycles. The summed E-state index contributed by atoms with van der Waals surface area (Å²) in [7, 11) is 0. The van der Waals surface area contributed by atoms with Gasteiger partial charge in [0.25, 0.3) is 0 Å². The molecule has 128 valence electrons. The van der Waals surface area contributed by atoms with Crippen LogP contribution < -0.4 is 16.4 Å². The topological polar surface area (TPSA) is 84.2 Å². The highest BCUT2D eigenvalue weighted by molar-refractivity contribution is 6.30. The minimum Gasteiger partial charge on any atom is -0.370 e. The predicted octanol–water partition coefficient (Wildman–Crippen LogP) is 2.18. The van der Waals surface area contributed by atoms with Crippen LogP contribution in [0.3, 0.4) is 0 Å². The molecule has 0 radical (unpaired) electrons. The maximum Gasteiger partial charge on any atom is 0.220 e. The van der Waals surface area contributed by atoms with Crippen LogP contribution in [0.25, 0.3) is 0 Å². The molecule has 0 saturated carbocycles. The number of carbonyl (C=O) groups is 2. The molecule has 1 heterocycles. The fraction of sp³-hybridized carbons (Fsp3) is 0.500. The monoisotopic (exact) mass is 359 g/mol. The van der Waals surface area contributed by atoms with Gasteiger partial charge in [0, 0.05) is 11.4 Å². The van der Waals surface area contributed by atoms with Crippen molar-refractivity contribution in [3.8, 4) is 0 Å². The molecule has 1 aliphatic heterocycles. The number of rotatable bonds is 7. The Morgan fingerprint density at radius 2 is 2.22 bits per heavy atom. The molecule has 1 aromatic rings. The summed E-state index contributed by atoms with van der Waals surface area (Å²) in [5.74, 6) is 0.0508. The third-order valence-electron chi connectivity index (χ3n) is 3.93. The second kappa shape index (κ2) is 9.75. The Hall–Kier alpha value is -1.30. The molecule has 0 bridgehead atoms. The molecule has 23 heavy (non-hydrogen) atoms. The van der Waals surface area contributed by atoms with E-state index < -0.39 is 11.9 Å². The molecule has 1 fully saturated rings. The molecule has 1 aromatic carbocycles. The standard InChI is InChI=1S/C16H22ClN3O2.ClH/c17-13-3-1-2-12(8-13)14(9-15(18)21)20-16(22)5-4-11-6-7-19-10-11;/h1-3,8,11,14,19H,4-7,9-10H2,(H2,18,21)(H,20,22);1H/t11?,14-;/m1./s1. The fourth-order valence-corrected chi connectivity index (χ4v) is 2.94. The number of halogens is 2. The first-order chi connectivity index (χ1) is 10.5. The van der Waals surface area contributed by atoms with E-state index in [2.05, 4.69) is 10.6 Å². The van der Waals surface area contributed by atoms with E-state index in [9.17, 15) is 9.59 Å². The second-order valence-electron chi connectivity index (χ2n) is 5.74. The molecule has 0 aliphatic carbocycles. The van der Waals surface area contributed by atoms with Gasteiger partial charge in [-0.3, -0.25) is 9.59 Å². The summed E-state index contributed by atoms with van der Waals surface area (Å²) >= 11 is 5.97. The van der Waals surface area contributed by atoms with Crippen LogP contribution in [-0.4, -0.2) is 24.9 Å². The third-order valence-corrected chi connectivity index (χ3v) is 4.17. The van der Waals surface area contributed by atoms with Gasteiger partial charge in [-0.05, 0) is 49.5 Å². The van der Waals surface area contributed by atoms with E-state index in [-0.39, 0.29) is 24.7 Å². The zero-order valence-corrected chi connectivity index (χ0v) is 14.5. The van der Waals surface area contributed by atoms with E-state index in [1.54, 1.807) is 18.2 Å². The van der Waals surface area contributed by atoms with Crippen molar-refractivity contribution in [2.24, 2.45) is 11.7 Å². The van der Waals surface area contributed by atoms with Crippen LogP contribution >= 0.6 is 24.0 Å². The summed E-state index contributed by atoms with van der Waals surface area (Å²) in [6, 6.07) is 6.70. The van der Waals surface area contributed by atoms with Gasteiger partial charge in [0.2, 0.25) is 11.8 Å². The van der Waals surface area contributed by atoms with Crippen LogP contribution in [0.4, 0.5) is 0 Å². The van der Waals surface area contributed by atoms with E-state index in [0.717, 1.165) is 31.5 Å². The maximum atomic E-state index is 12.1. The smallest absolute Gasteiger partial charge is 0.220 e. The minimum atomic E-state index is -0.453. The lowest BCUT2D eigenvalue weighted by atomic mass is 10.0. The van der Waals surface area contributed by atoms with Gasteiger partial charge in [-0.1, -0.05) is 23.7 Å². The van der Waals surface area contributed by atoms with Crippen molar-refractivity contribution in [1.82, 2.24) is 10.6 Å². The summed E-state index contributed by atoms with van der Waals surface area (Å²) in [6.07, 6.45) is 2.50. The number of nitrogens with two attached hydrogens (primary N) is 1. The first-order valence-electron chi connectivity index (χ1n) is 7.58. The molecule has 1 unspecified atom stereocenters. The van der Waals surface area contributed by atoms with Crippen LogP contribution in [0.5, 0.6) is 0 Å². The van der Waals surface area contributed by atoms with Crippen molar-refractivity contribution >= 4 is 35.8 Å². The molecular formula is C16H23Cl2N3O2. The number of nitrogens with one attached hydrogen (secondary N) is 2. The number of hydrogen-bond donors (Lipinski definition) is 3. The first-order valence-corrected chi connectivity index (χ1v) is 7.96. The van der Waals surface area contributed by atoms with Crippen molar-refractivity contribution < 1.29 is 9.59 Å². The van der Waals surface area contributed by atoms with Gasteiger partial charge in [-0.15, -0.1) is 12.4 Å². The second-order valence-corrected chi connectivity index (χ2v) is 6.18. The van der Waals surface area contributed by atoms with E-state index in [4.69, 9.17) is 17.3 Å². The third kappa shape index (κ3) is 6.77. The Morgan fingerprint density at radius 1 is 1.43 bits per heavy atom. The Balaban J connectivity index is 0.00000264. The van der Waals surface area contributed by atoms with Crippen molar-refractivity contribution in [3.05, 3.63) is 34.9 Å². The molecule has 4 N–H and O–H groups in total. The molecule has 1 saturated heterocycles. The molecule has 1 aliphatic rings. The van der Waals surface area contributed by atoms with Gasteiger partial charge in [-0.25, -0.2) is 0 Å². The average molecular weight is 360 g/mol. The zero-order valence-electron chi connectivity index (χ0n) is 12.9. The lowest BCUT2D eigenvalue weighted by molar-refractivity contribution is -0.122. The van der Waals surface area contributed by atoms with E-state index in [1.165, 1.54) is 0 Å². The van der Waals surface area contributed by atoms with Gasteiger partial charge in [0.05, 0.1) is 12.5 Å². The Kier molecular flexibility index (Phi) is 8.37. The maximum absolute atomic E-state index is 12.1. The van der Waals surface area contributed by atoms with Gasteiger partial charge >= 0.3 is 0 Å². The highest BCUT2D eigenvalue weighted by Gasteiger charge is 2.19. The van der Waals surface area contributed by atoms with Crippen LogP contribution in [-0.2, 0) is 9.59 Å². The lowest BCUT2D eigenvalue weighted by Crippen LogP contribution is -2.32. The molecule has 2 rings (SSSR count). The number of benzene rings is 1. The van der Waals surface area contributed by atoms with Crippen molar-refractivity contribution in [3.63, 3.8) is 0 Å². The van der Waals surface area contributed by atoms with Crippen molar-refractivity contribution in [2.75, 3.05) is 13.1 Å². The van der Waals surface area contributed by atoms with E-state index in [0.29, 0.717) is 17.4 Å². The quantitative estimate of drug-likeness (QED) is 0.697. The normalized spacial score (nSPS) is 18.0. The molecular weight excluding hydrogens is 337 g/mol. The first kappa shape index (κ1) is 19.7. The average Bonchev–Trinajstić information content (AvgIpc) is 2.97. The van der Waals surface area contributed by atoms with Crippen LogP contribution in [0.2, 0.25) is 5.02 Å². The zero-order chi connectivity index (χ0) is 15.9. The molecule has 2 atom stereocenters. The van der Waals surface area contributed by atoms with Crippen molar-refractivity contribution in [1.29, 1.82) is 0 Å².